The first-order chi connectivity index (χ1) is 5.66. The van der Waals surface area contributed by atoms with Gasteiger partial charge in [0.2, 0.25) is 0 Å². The molecule has 0 bridgehead atoms. The van der Waals surface area contributed by atoms with Crippen LogP contribution in [-0.4, -0.2) is 11.7 Å². The van der Waals surface area contributed by atoms with E-state index in [9.17, 15) is 4.39 Å². The van der Waals surface area contributed by atoms with Crippen LogP contribution >= 0.6 is 0 Å². The molecule has 0 saturated carbocycles. The van der Waals surface area contributed by atoms with E-state index < -0.39 is 11.9 Å². The van der Waals surface area contributed by atoms with Crippen molar-refractivity contribution >= 4 is 5.69 Å². The molecular weight excluding hydrogens is 159 g/mol. The molecular formula is C8H11FN2O. The summed E-state index contributed by atoms with van der Waals surface area (Å²) < 4.78 is 13.0. The number of nitrogen functional groups attached to an aromatic ring is 1. The maximum atomic E-state index is 13.0. The highest BCUT2D eigenvalue weighted by atomic mass is 19.1. The van der Waals surface area contributed by atoms with Crippen molar-refractivity contribution in [3.05, 3.63) is 29.6 Å². The van der Waals surface area contributed by atoms with Gasteiger partial charge in [-0.25, -0.2) is 4.39 Å². The van der Waals surface area contributed by atoms with Crippen molar-refractivity contribution in [3.63, 3.8) is 0 Å². The molecule has 4 heteroatoms. The summed E-state index contributed by atoms with van der Waals surface area (Å²) in [6.07, 6.45) is 0. The number of rotatable bonds is 2. The normalized spacial score (nSPS) is 12.9. The van der Waals surface area contributed by atoms with Gasteiger partial charge in [-0.3, -0.25) is 0 Å². The van der Waals surface area contributed by atoms with Gasteiger partial charge in [-0.05, 0) is 12.1 Å². The van der Waals surface area contributed by atoms with Crippen LogP contribution in [0.25, 0.3) is 0 Å². The Hall–Kier alpha value is -1.13. The molecule has 0 amide bonds. The smallest absolute Gasteiger partial charge is 0.130 e. The van der Waals surface area contributed by atoms with Crippen molar-refractivity contribution in [2.24, 2.45) is 5.73 Å². The summed E-state index contributed by atoms with van der Waals surface area (Å²) in [4.78, 5) is 0. The monoisotopic (exact) mass is 170 g/mol. The van der Waals surface area contributed by atoms with Crippen molar-refractivity contribution in [3.8, 4) is 0 Å². The van der Waals surface area contributed by atoms with Crippen LogP contribution in [0.15, 0.2) is 18.2 Å². The Bertz CT molecular complexity index is 258. The van der Waals surface area contributed by atoms with Gasteiger partial charge in [0, 0.05) is 11.3 Å². The Kier molecular flexibility index (Phi) is 2.62. The number of nitrogens with two attached hydrogens (primary N) is 2. The number of hydrogen-bond acceptors (Lipinski definition) is 3. The molecule has 1 aromatic rings. The highest BCUT2D eigenvalue weighted by Gasteiger charge is 2.12. The lowest BCUT2D eigenvalue weighted by Crippen LogP contribution is -2.17. The summed E-state index contributed by atoms with van der Waals surface area (Å²) >= 11 is 0. The topological polar surface area (TPSA) is 72.3 Å². The van der Waals surface area contributed by atoms with E-state index in [4.69, 9.17) is 16.6 Å². The van der Waals surface area contributed by atoms with E-state index in [1.54, 1.807) is 6.07 Å². The fraction of sp³-hybridized carbons (Fsp3) is 0.250. The van der Waals surface area contributed by atoms with Crippen molar-refractivity contribution in [2.45, 2.75) is 6.04 Å². The van der Waals surface area contributed by atoms with E-state index in [2.05, 4.69) is 0 Å². The number of aliphatic hydroxyl groups is 1. The summed E-state index contributed by atoms with van der Waals surface area (Å²) in [6.45, 7) is -0.314. The molecule has 0 saturated heterocycles. The standard InChI is InChI=1S/C8H11FN2O/c9-5-2-1-3-6(10)8(5)7(11)4-12/h1-3,7,12H,4,10-11H2. The Labute approximate surface area is 69.8 Å². The second-order valence-corrected chi connectivity index (χ2v) is 2.53. The molecule has 1 unspecified atom stereocenters. The summed E-state index contributed by atoms with van der Waals surface area (Å²) in [6, 6.07) is 3.57. The molecule has 0 fully saturated rings. The average molecular weight is 170 g/mol. The Morgan fingerprint density at radius 2 is 2.17 bits per heavy atom. The van der Waals surface area contributed by atoms with Gasteiger partial charge in [0.1, 0.15) is 5.82 Å². The first-order valence-corrected chi connectivity index (χ1v) is 3.57. The summed E-state index contributed by atoms with van der Waals surface area (Å²) in [7, 11) is 0. The number of aliphatic hydroxyl groups excluding tert-OH is 1. The predicted molar refractivity (Wildman–Crippen MR) is 44.8 cm³/mol. The summed E-state index contributed by atoms with van der Waals surface area (Å²) in [5.41, 5.74) is 11.3. The van der Waals surface area contributed by atoms with Crippen LogP contribution in [-0.2, 0) is 0 Å². The molecule has 1 atom stereocenters. The van der Waals surface area contributed by atoms with E-state index in [0.717, 1.165) is 0 Å². The summed E-state index contributed by atoms with van der Waals surface area (Å²) in [5.74, 6) is -0.475. The van der Waals surface area contributed by atoms with E-state index in [1.165, 1.54) is 12.1 Å². The average Bonchev–Trinajstić information content (AvgIpc) is 2.03. The van der Waals surface area contributed by atoms with Crippen LogP contribution < -0.4 is 11.5 Å². The van der Waals surface area contributed by atoms with Crippen LogP contribution in [0.4, 0.5) is 10.1 Å². The van der Waals surface area contributed by atoms with Crippen LogP contribution in [0.2, 0.25) is 0 Å². The first-order valence-electron chi connectivity index (χ1n) is 3.57. The fourth-order valence-corrected chi connectivity index (χ4v) is 1.04. The minimum Gasteiger partial charge on any atom is -0.398 e. The van der Waals surface area contributed by atoms with Gasteiger partial charge in [-0.2, -0.15) is 0 Å². The van der Waals surface area contributed by atoms with E-state index in [-0.39, 0.29) is 17.9 Å². The SMILES string of the molecule is Nc1cccc(F)c1C(N)CO. The lowest BCUT2D eigenvalue weighted by molar-refractivity contribution is 0.265. The molecule has 0 radical (unpaired) electrons. The Balaban J connectivity index is 3.12. The zero-order valence-corrected chi connectivity index (χ0v) is 6.50. The molecule has 0 aromatic heterocycles. The first kappa shape index (κ1) is 8.96. The molecule has 12 heavy (non-hydrogen) atoms. The van der Waals surface area contributed by atoms with Crippen LogP contribution in [0.5, 0.6) is 0 Å². The largest absolute Gasteiger partial charge is 0.398 e. The van der Waals surface area contributed by atoms with Gasteiger partial charge in [-0.15, -0.1) is 0 Å². The highest BCUT2D eigenvalue weighted by Crippen LogP contribution is 2.21. The van der Waals surface area contributed by atoms with Crippen molar-refractivity contribution < 1.29 is 9.50 Å². The maximum absolute atomic E-state index is 13.0. The summed E-state index contributed by atoms with van der Waals surface area (Å²) in [5, 5.41) is 8.69. The predicted octanol–water partition coefficient (Wildman–Crippen LogP) is 0.400. The third-order valence-electron chi connectivity index (χ3n) is 1.65. The van der Waals surface area contributed by atoms with Crippen molar-refractivity contribution in [1.82, 2.24) is 0 Å². The molecule has 1 aromatic carbocycles. The zero-order chi connectivity index (χ0) is 9.14. The van der Waals surface area contributed by atoms with E-state index >= 15 is 0 Å². The Morgan fingerprint density at radius 3 is 2.67 bits per heavy atom. The minimum absolute atomic E-state index is 0.181. The quantitative estimate of drug-likeness (QED) is 0.562. The van der Waals surface area contributed by atoms with Crippen LogP contribution in [0.1, 0.15) is 11.6 Å². The van der Waals surface area contributed by atoms with Gasteiger partial charge in [-0.1, -0.05) is 6.07 Å². The second-order valence-electron chi connectivity index (χ2n) is 2.53. The van der Waals surface area contributed by atoms with Crippen LogP contribution in [0, 0.1) is 5.82 Å². The lowest BCUT2D eigenvalue weighted by atomic mass is 10.1. The molecule has 0 heterocycles. The van der Waals surface area contributed by atoms with Crippen molar-refractivity contribution in [1.29, 1.82) is 0 Å². The molecule has 0 aliphatic carbocycles. The molecule has 5 N–H and O–H groups in total. The Morgan fingerprint density at radius 1 is 1.50 bits per heavy atom. The maximum Gasteiger partial charge on any atom is 0.130 e. The molecule has 0 spiro atoms. The lowest BCUT2D eigenvalue weighted by Gasteiger charge is -2.11. The van der Waals surface area contributed by atoms with E-state index in [1.807, 2.05) is 0 Å². The van der Waals surface area contributed by atoms with Gasteiger partial charge >= 0.3 is 0 Å². The second kappa shape index (κ2) is 3.51. The molecule has 66 valence electrons. The van der Waals surface area contributed by atoms with Gasteiger partial charge in [0.25, 0.3) is 0 Å². The van der Waals surface area contributed by atoms with Crippen molar-refractivity contribution in [2.75, 3.05) is 12.3 Å². The number of hydrogen-bond donors (Lipinski definition) is 3. The molecule has 1 rings (SSSR count). The molecule has 0 aliphatic heterocycles. The molecule has 3 nitrogen and oxygen atoms in total. The minimum atomic E-state index is -0.744. The third-order valence-corrected chi connectivity index (χ3v) is 1.65. The van der Waals surface area contributed by atoms with Gasteiger partial charge in [0.05, 0.1) is 12.6 Å². The number of benzene rings is 1. The third kappa shape index (κ3) is 1.54. The van der Waals surface area contributed by atoms with E-state index in [0.29, 0.717) is 0 Å². The highest BCUT2D eigenvalue weighted by molar-refractivity contribution is 5.48. The van der Waals surface area contributed by atoms with Crippen LogP contribution in [0.3, 0.4) is 0 Å². The number of halogens is 1. The van der Waals surface area contributed by atoms with Gasteiger partial charge in [0.15, 0.2) is 0 Å². The fourth-order valence-electron chi connectivity index (χ4n) is 1.04. The zero-order valence-electron chi connectivity index (χ0n) is 6.50. The molecule has 0 aliphatic rings. The number of anilines is 1. The van der Waals surface area contributed by atoms with Gasteiger partial charge < -0.3 is 16.6 Å².